The van der Waals surface area contributed by atoms with Gasteiger partial charge >= 0.3 is 0 Å². The molecule has 0 saturated heterocycles. The molecule has 0 heterocycles. The van der Waals surface area contributed by atoms with E-state index < -0.39 is 6.04 Å². The molecule has 3 N–H and O–H groups in total. The Morgan fingerprint density at radius 1 is 1.23 bits per heavy atom. The van der Waals surface area contributed by atoms with Gasteiger partial charge in [0, 0.05) is 12.0 Å². The van der Waals surface area contributed by atoms with Crippen molar-refractivity contribution in [3.05, 3.63) is 71.0 Å². The van der Waals surface area contributed by atoms with E-state index in [9.17, 15) is 9.18 Å². The summed E-state index contributed by atoms with van der Waals surface area (Å²) >= 11 is 0. The minimum atomic E-state index is -0.781. The maximum Gasteiger partial charge on any atom is 0.241 e. The molecule has 0 aliphatic heterocycles. The molecule has 2 aromatic rings. The van der Waals surface area contributed by atoms with Gasteiger partial charge in [-0.3, -0.25) is 4.79 Å². The van der Waals surface area contributed by atoms with E-state index in [-0.39, 0.29) is 23.7 Å². The zero-order valence-electron chi connectivity index (χ0n) is 12.4. The van der Waals surface area contributed by atoms with Crippen molar-refractivity contribution in [3.8, 4) is 0 Å². The number of nitrogens with two attached hydrogens (primary N) is 1. The molecule has 0 bridgehead atoms. The van der Waals surface area contributed by atoms with Crippen LogP contribution in [0, 0.1) is 5.82 Å². The van der Waals surface area contributed by atoms with Gasteiger partial charge in [-0.05, 0) is 35.2 Å². The van der Waals surface area contributed by atoms with Crippen LogP contribution in [0.4, 0.5) is 4.39 Å². The Bertz CT molecular complexity index is 684. The number of rotatable bonds is 3. The van der Waals surface area contributed by atoms with Crippen LogP contribution in [-0.2, 0) is 11.2 Å². The Morgan fingerprint density at radius 2 is 1.91 bits per heavy atom. The third-order valence-corrected chi connectivity index (χ3v) is 4.43. The highest BCUT2D eigenvalue weighted by Crippen LogP contribution is 2.32. The summed E-state index contributed by atoms with van der Waals surface area (Å²) in [6, 6.07) is 13.2. The molecule has 1 amide bonds. The number of hydrogen-bond acceptors (Lipinski definition) is 2. The van der Waals surface area contributed by atoms with Crippen molar-refractivity contribution in [2.45, 2.75) is 31.3 Å². The zero-order valence-corrected chi connectivity index (χ0v) is 12.4. The Labute approximate surface area is 129 Å². The molecular weight excluding hydrogens is 279 g/mol. The first-order valence-electron chi connectivity index (χ1n) is 7.45. The standard InChI is InChI=1S/C18H19FN2O/c1-11-15-5-3-2-4-13(15)10-16(11)21-18(22)17(20)12-6-8-14(19)9-7-12/h2-9,11,16-17H,10,20H2,1H3,(H,21,22)/t11-,16-,17+/m1/s1. The first kappa shape index (κ1) is 14.7. The van der Waals surface area contributed by atoms with Crippen LogP contribution in [0.15, 0.2) is 48.5 Å². The average molecular weight is 298 g/mol. The van der Waals surface area contributed by atoms with Gasteiger partial charge in [-0.2, -0.15) is 0 Å². The molecule has 0 fully saturated rings. The number of amides is 1. The van der Waals surface area contributed by atoms with Crippen molar-refractivity contribution in [1.82, 2.24) is 5.32 Å². The molecule has 3 rings (SSSR count). The fraction of sp³-hybridized carbons (Fsp3) is 0.278. The van der Waals surface area contributed by atoms with Crippen LogP contribution >= 0.6 is 0 Å². The van der Waals surface area contributed by atoms with E-state index in [1.807, 2.05) is 12.1 Å². The summed E-state index contributed by atoms with van der Waals surface area (Å²) < 4.78 is 12.9. The second kappa shape index (κ2) is 5.89. The van der Waals surface area contributed by atoms with Gasteiger partial charge in [0.15, 0.2) is 0 Å². The van der Waals surface area contributed by atoms with Gasteiger partial charge in [0.05, 0.1) is 0 Å². The first-order valence-corrected chi connectivity index (χ1v) is 7.45. The number of fused-ring (bicyclic) bond motifs is 1. The van der Waals surface area contributed by atoms with Gasteiger partial charge in [-0.1, -0.05) is 43.3 Å². The molecule has 1 aliphatic rings. The van der Waals surface area contributed by atoms with E-state index in [1.165, 1.54) is 23.3 Å². The second-order valence-electron chi connectivity index (χ2n) is 5.84. The maximum absolute atomic E-state index is 12.9. The number of nitrogens with one attached hydrogen (secondary N) is 1. The lowest BCUT2D eigenvalue weighted by Gasteiger charge is -2.21. The maximum atomic E-state index is 12.9. The fourth-order valence-corrected chi connectivity index (χ4v) is 3.06. The minimum Gasteiger partial charge on any atom is -0.351 e. The average Bonchev–Trinajstić information content (AvgIpc) is 2.84. The van der Waals surface area contributed by atoms with Crippen molar-refractivity contribution in [2.24, 2.45) is 5.73 Å². The number of carbonyl (C=O) groups excluding carboxylic acids is 1. The minimum absolute atomic E-state index is 0.0522. The van der Waals surface area contributed by atoms with Crippen molar-refractivity contribution in [3.63, 3.8) is 0 Å². The highest BCUT2D eigenvalue weighted by atomic mass is 19.1. The molecule has 2 aromatic carbocycles. The molecule has 1 aliphatic carbocycles. The Balaban J connectivity index is 1.69. The van der Waals surface area contributed by atoms with Crippen LogP contribution in [0.1, 0.15) is 35.6 Å². The smallest absolute Gasteiger partial charge is 0.241 e. The third kappa shape index (κ3) is 2.74. The molecule has 0 spiro atoms. The molecule has 0 radical (unpaired) electrons. The fourth-order valence-electron chi connectivity index (χ4n) is 3.06. The number of hydrogen-bond donors (Lipinski definition) is 2. The van der Waals surface area contributed by atoms with E-state index in [1.54, 1.807) is 12.1 Å². The quantitative estimate of drug-likeness (QED) is 0.915. The molecule has 3 atom stereocenters. The van der Waals surface area contributed by atoms with Gasteiger partial charge in [-0.25, -0.2) is 4.39 Å². The number of halogens is 1. The van der Waals surface area contributed by atoms with Gasteiger partial charge < -0.3 is 11.1 Å². The molecule has 4 heteroatoms. The van der Waals surface area contributed by atoms with E-state index in [0.717, 1.165) is 6.42 Å². The summed E-state index contributed by atoms with van der Waals surface area (Å²) in [5, 5.41) is 3.03. The van der Waals surface area contributed by atoms with Crippen LogP contribution < -0.4 is 11.1 Å². The van der Waals surface area contributed by atoms with E-state index in [4.69, 9.17) is 5.73 Å². The topological polar surface area (TPSA) is 55.1 Å². The Kier molecular flexibility index (Phi) is 3.94. The first-order chi connectivity index (χ1) is 10.6. The van der Waals surface area contributed by atoms with Gasteiger partial charge in [0.1, 0.15) is 11.9 Å². The van der Waals surface area contributed by atoms with Crippen LogP contribution in [0.3, 0.4) is 0 Å². The van der Waals surface area contributed by atoms with Crippen molar-refractivity contribution in [1.29, 1.82) is 0 Å². The largest absolute Gasteiger partial charge is 0.351 e. The van der Waals surface area contributed by atoms with E-state index in [0.29, 0.717) is 5.56 Å². The molecule has 0 unspecified atom stereocenters. The van der Waals surface area contributed by atoms with Crippen LogP contribution in [0.2, 0.25) is 0 Å². The summed E-state index contributed by atoms with van der Waals surface area (Å²) in [6.45, 7) is 2.11. The predicted octanol–water partition coefficient (Wildman–Crippen LogP) is 2.67. The highest BCUT2D eigenvalue weighted by Gasteiger charge is 2.31. The van der Waals surface area contributed by atoms with Gasteiger partial charge in [-0.15, -0.1) is 0 Å². The SMILES string of the molecule is C[C@@H]1c2ccccc2C[C@H]1NC(=O)[C@@H](N)c1ccc(F)cc1. The molecule has 0 saturated carbocycles. The monoisotopic (exact) mass is 298 g/mol. The molecule has 114 valence electrons. The molecule has 22 heavy (non-hydrogen) atoms. The Morgan fingerprint density at radius 3 is 2.59 bits per heavy atom. The summed E-state index contributed by atoms with van der Waals surface area (Å²) in [7, 11) is 0. The highest BCUT2D eigenvalue weighted by molar-refractivity contribution is 5.83. The lowest BCUT2D eigenvalue weighted by Crippen LogP contribution is -2.42. The predicted molar refractivity (Wildman–Crippen MR) is 83.8 cm³/mol. The van der Waals surface area contributed by atoms with Crippen molar-refractivity contribution in [2.75, 3.05) is 0 Å². The Hall–Kier alpha value is -2.20. The van der Waals surface area contributed by atoms with Crippen LogP contribution in [0.5, 0.6) is 0 Å². The van der Waals surface area contributed by atoms with Crippen molar-refractivity contribution < 1.29 is 9.18 Å². The molecule has 0 aromatic heterocycles. The normalized spacial score (nSPS) is 21.2. The van der Waals surface area contributed by atoms with Crippen LogP contribution in [-0.4, -0.2) is 11.9 Å². The summed E-state index contributed by atoms with van der Waals surface area (Å²) in [5.74, 6) is -0.298. The lowest BCUT2D eigenvalue weighted by molar-refractivity contribution is -0.123. The van der Waals surface area contributed by atoms with E-state index >= 15 is 0 Å². The summed E-state index contributed by atoms with van der Waals surface area (Å²) in [5.41, 5.74) is 9.15. The summed E-state index contributed by atoms with van der Waals surface area (Å²) in [6.07, 6.45) is 0.819. The molecular formula is C18H19FN2O. The molecule has 3 nitrogen and oxygen atoms in total. The van der Waals surface area contributed by atoms with Crippen molar-refractivity contribution >= 4 is 5.91 Å². The van der Waals surface area contributed by atoms with Crippen LogP contribution in [0.25, 0.3) is 0 Å². The van der Waals surface area contributed by atoms with Gasteiger partial charge in [0.25, 0.3) is 0 Å². The lowest BCUT2D eigenvalue weighted by atomic mass is 10.00. The number of benzene rings is 2. The second-order valence-corrected chi connectivity index (χ2v) is 5.84. The van der Waals surface area contributed by atoms with E-state index in [2.05, 4.69) is 24.4 Å². The van der Waals surface area contributed by atoms with Gasteiger partial charge in [0.2, 0.25) is 5.91 Å². The summed E-state index contributed by atoms with van der Waals surface area (Å²) in [4.78, 5) is 12.4. The third-order valence-electron chi connectivity index (χ3n) is 4.43. The zero-order chi connectivity index (χ0) is 15.7. The number of carbonyl (C=O) groups is 1.